The summed E-state index contributed by atoms with van der Waals surface area (Å²) in [4.78, 5) is 11.4. The topological polar surface area (TPSA) is 50.1 Å². The van der Waals surface area contributed by atoms with Crippen LogP contribution in [0.3, 0.4) is 0 Å². The van der Waals surface area contributed by atoms with E-state index in [1.165, 1.54) is 7.11 Å². The van der Waals surface area contributed by atoms with Gasteiger partial charge in [-0.05, 0) is 18.8 Å². The van der Waals surface area contributed by atoms with Crippen molar-refractivity contribution in [2.45, 2.75) is 26.2 Å². The maximum Gasteiger partial charge on any atom is 0.310 e. The molecular formula is C10H15NO2. The second kappa shape index (κ2) is 4.27. The van der Waals surface area contributed by atoms with Gasteiger partial charge >= 0.3 is 5.97 Å². The average Bonchev–Trinajstić information content (AvgIpc) is 2.59. The van der Waals surface area contributed by atoms with Crippen LogP contribution in [-0.4, -0.2) is 13.1 Å². The zero-order valence-corrected chi connectivity index (χ0v) is 8.12. The van der Waals surface area contributed by atoms with Gasteiger partial charge in [-0.1, -0.05) is 13.3 Å². The van der Waals surface area contributed by atoms with Crippen LogP contribution in [0, 0.1) is 29.1 Å². The summed E-state index contributed by atoms with van der Waals surface area (Å²) in [6, 6.07) is 2.19. The molecule has 0 aromatic carbocycles. The van der Waals surface area contributed by atoms with E-state index in [1.807, 2.05) is 0 Å². The van der Waals surface area contributed by atoms with Crippen LogP contribution < -0.4 is 0 Å². The maximum absolute atomic E-state index is 11.4. The van der Waals surface area contributed by atoms with Crippen molar-refractivity contribution in [3.8, 4) is 6.07 Å². The summed E-state index contributed by atoms with van der Waals surface area (Å²) in [6.45, 7) is 2.06. The molecule has 0 aromatic heterocycles. The van der Waals surface area contributed by atoms with Gasteiger partial charge in [0.25, 0.3) is 0 Å². The minimum atomic E-state index is -0.212. The highest BCUT2D eigenvalue weighted by Crippen LogP contribution is 2.39. The lowest BCUT2D eigenvalue weighted by atomic mass is 9.89. The highest BCUT2D eigenvalue weighted by atomic mass is 16.5. The van der Waals surface area contributed by atoms with Crippen molar-refractivity contribution in [2.24, 2.45) is 17.8 Å². The Kier molecular flexibility index (Phi) is 3.30. The Morgan fingerprint density at radius 3 is 2.77 bits per heavy atom. The highest BCUT2D eigenvalue weighted by molar-refractivity contribution is 5.73. The van der Waals surface area contributed by atoms with Crippen LogP contribution >= 0.6 is 0 Å². The van der Waals surface area contributed by atoms with Crippen molar-refractivity contribution in [1.29, 1.82) is 5.26 Å². The number of hydrogen-bond donors (Lipinski definition) is 0. The molecule has 1 fully saturated rings. The Labute approximate surface area is 78.7 Å². The molecule has 72 valence electrons. The van der Waals surface area contributed by atoms with Gasteiger partial charge in [0.2, 0.25) is 0 Å². The molecule has 3 atom stereocenters. The Morgan fingerprint density at radius 2 is 2.31 bits per heavy atom. The molecule has 0 N–H and O–H groups in total. The molecule has 3 unspecified atom stereocenters. The lowest BCUT2D eigenvalue weighted by Crippen LogP contribution is -2.25. The first kappa shape index (κ1) is 10.0. The van der Waals surface area contributed by atoms with Gasteiger partial charge in [0.05, 0.1) is 25.0 Å². The molecule has 3 nitrogen and oxygen atoms in total. The van der Waals surface area contributed by atoms with Gasteiger partial charge in [0.15, 0.2) is 0 Å². The predicted molar refractivity (Wildman–Crippen MR) is 47.6 cm³/mol. The first-order valence-electron chi connectivity index (χ1n) is 4.72. The fraction of sp³-hybridized carbons (Fsp3) is 0.800. The summed E-state index contributed by atoms with van der Waals surface area (Å²) in [5.41, 5.74) is 0. The largest absolute Gasteiger partial charge is 0.469 e. The van der Waals surface area contributed by atoms with Crippen LogP contribution in [0.15, 0.2) is 0 Å². The molecule has 0 amide bonds. The van der Waals surface area contributed by atoms with E-state index in [-0.39, 0.29) is 17.8 Å². The minimum Gasteiger partial charge on any atom is -0.469 e. The Bertz CT molecular complexity index is 232. The lowest BCUT2D eigenvalue weighted by Gasteiger charge is -2.17. The van der Waals surface area contributed by atoms with Gasteiger partial charge in [0, 0.05) is 0 Å². The summed E-state index contributed by atoms with van der Waals surface area (Å²) in [5, 5.41) is 8.84. The SMILES string of the molecule is CCC1CCC(C#N)C1C(=O)OC. The molecule has 0 bridgehead atoms. The third-order valence-corrected chi connectivity index (χ3v) is 2.95. The van der Waals surface area contributed by atoms with Gasteiger partial charge in [-0.25, -0.2) is 0 Å². The number of carbonyl (C=O) groups excluding carboxylic acids is 1. The van der Waals surface area contributed by atoms with Crippen LogP contribution in [0.2, 0.25) is 0 Å². The zero-order valence-electron chi connectivity index (χ0n) is 8.12. The second-order valence-electron chi connectivity index (χ2n) is 3.53. The van der Waals surface area contributed by atoms with Crippen molar-refractivity contribution in [2.75, 3.05) is 7.11 Å². The van der Waals surface area contributed by atoms with Crippen molar-refractivity contribution < 1.29 is 9.53 Å². The van der Waals surface area contributed by atoms with Gasteiger partial charge in [0.1, 0.15) is 0 Å². The fourth-order valence-corrected chi connectivity index (χ4v) is 2.18. The van der Waals surface area contributed by atoms with Crippen molar-refractivity contribution in [3.05, 3.63) is 0 Å². The smallest absolute Gasteiger partial charge is 0.310 e. The molecule has 0 heterocycles. The van der Waals surface area contributed by atoms with Crippen molar-refractivity contribution >= 4 is 5.97 Å². The lowest BCUT2D eigenvalue weighted by molar-refractivity contribution is -0.147. The molecule has 13 heavy (non-hydrogen) atoms. The van der Waals surface area contributed by atoms with Crippen LogP contribution in [-0.2, 0) is 9.53 Å². The highest BCUT2D eigenvalue weighted by Gasteiger charge is 2.40. The van der Waals surface area contributed by atoms with E-state index in [2.05, 4.69) is 13.0 Å². The summed E-state index contributed by atoms with van der Waals surface area (Å²) >= 11 is 0. The Morgan fingerprint density at radius 1 is 1.62 bits per heavy atom. The van der Waals surface area contributed by atoms with E-state index >= 15 is 0 Å². The molecule has 0 radical (unpaired) electrons. The number of nitriles is 1. The number of rotatable bonds is 2. The number of hydrogen-bond acceptors (Lipinski definition) is 3. The number of methoxy groups -OCH3 is 1. The molecular weight excluding hydrogens is 166 g/mol. The van der Waals surface area contributed by atoms with Crippen molar-refractivity contribution in [3.63, 3.8) is 0 Å². The monoisotopic (exact) mass is 181 g/mol. The number of nitrogens with zero attached hydrogens (tertiary/aromatic N) is 1. The summed E-state index contributed by atoms with van der Waals surface area (Å²) in [6.07, 6.45) is 2.78. The maximum atomic E-state index is 11.4. The van der Waals surface area contributed by atoms with E-state index in [4.69, 9.17) is 10.00 Å². The molecule has 0 aliphatic heterocycles. The van der Waals surface area contributed by atoms with E-state index < -0.39 is 0 Å². The Balaban J connectivity index is 2.74. The molecule has 0 saturated heterocycles. The van der Waals surface area contributed by atoms with Crippen LogP contribution in [0.25, 0.3) is 0 Å². The first-order chi connectivity index (χ1) is 6.24. The summed E-state index contributed by atoms with van der Waals surface area (Å²) < 4.78 is 4.71. The van der Waals surface area contributed by atoms with E-state index in [0.29, 0.717) is 5.92 Å². The van der Waals surface area contributed by atoms with E-state index in [1.54, 1.807) is 0 Å². The standard InChI is InChI=1S/C10H15NO2/c1-3-7-4-5-8(6-11)9(7)10(12)13-2/h7-9H,3-5H2,1-2H3. The van der Waals surface area contributed by atoms with Gasteiger partial charge < -0.3 is 4.74 Å². The molecule has 0 spiro atoms. The number of esters is 1. The molecule has 0 aromatic rings. The van der Waals surface area contributed by atoms with Crippen molar-refractivity contribution in [1.82, 2.24) is 0 Å². The zero-order chi connectivity index (χ0) is 9.84. The molecule has 1 saturated carbocycles. The summed E-state index contributed by atoms with van der Waals surface area (Å²) in [5.74, 6) is -0.176. The third kappa shape index (κ3) is 1.82. The molecule has 3 heteroatoms. The minimum absolute atomic E-state index is 0.127. The van der Waals surface area contributed by atoms with Gasteiger partial charge in [-0.15, -0.1) is 0 Å². The number of carbonyl (C=O) groups is 1. The number of ether oxygens (including phenoxy) is 1. The Hall–Kier alpha value is -1.04. The quantitative estimate of drug-likeness (QED) is 0.609. The second-order valence-corrected chi connectivity index (χ2v) is 3.53. The van der Waals surface area contributed by atoms with E-state index in [0.717, 1.165) is 19.3 Å². The average molecular weight is 181 g/mol. The van der Waals surface area contributed by atoms with Crippen LogP contribution in [0.4, 0.5) is 0 Å². The fourth-order valence-electron chi connectivity index (χ4n) is 2.18. The molecule has 1 aliphatic rings. The molecule has 1 aliphatic carbocycles. The van der Waals surface area contributed by atoms with Gasteiger partial charge in [-0.2, -0.15) is 5.26 Å². The van der Waals surface area contributed by atoms with E-state index in [9.17, 15) is 4.79 Å². The first-order valence-corrected chi connectivity index (χ1v) is 4.72. The predicted octanol–water partition coefficient (Wildman–Crippen LogP) is 1.74. The van der Waals surface area contributed by atoms with Crippen LogP contribution in [0.5, 0.6) is 0 Å². The summed E-state index contributed by atoms with van der Waals surface area (Å²) in [7, 11) is 1.39. The third-order valence-electron chi connectivity index (χ3n) is 2.95. The van der Waals surface area contributed by atoms with Crippen LogP contribution in [0.1, 0.15) is 26.2 Å². The molecule has 1 rings (SSSR count). The normalized spacial score (nSPS) is 32.5. The van der Waals surface area contributed by atoms with Gasteiger partial charge in [-0.3, -0.25) is 4.79 Å².